The number of aryl methyl sites for hydroxylation is 1. The third-order valence-electron chi connectivity index (χ3n) is 5.13. The van der Waals surface area contributed by atoms with Crippen molar-refractivity contribution < 1.29 is 9.13 Å². The first-order valence-corrected chi connectivity index (χ1v) is 8.05. The summed E-state index contributed by atoms with van der Waals surface area (Å²) in [7, 11) is 1.69. The van der Waals surface area contributed by atoms with Gasteiger partial charge >= 0.3 is 0 Å². The molecule has 0 unspecified atom stereocenters. The Kier molecular flexibility index (Phi) is 3.37. The molecular weight excluding hydrogens is 289 g/mol. The fraction of sp³-hybridized carbons (Fsp3) is 0.300. The molecule has 0 spiro atoms. The summed E-state index contributed by atoms with van der Waals surface area (Å²) < 4.78 is 19.3. The quantitative estimate of drug-likeness (QED) is 0.791. The van der Waals surface area contributed by atoms with Gasteiger partial charge in [0.25, 0.3) is 0 Å². The zero-order valence-electron chi connectivity index (χ0n) is 13.3. The van der Waals surface area contributed by atoms with Gasteiger partial charge in [-0.1, -0.05) is 30.4 Å². The van der Waals surface area contributed by atoms with Crippen LogP contribution in [0.25, 0.3) is 0 Å². The number of hydrogen-bond donors (Lipinski definition) is 1. The van der Waals surface area contributed by atoms with Crippen LogP contribution >= 0.6 is 0 Å². The second-order valence-electron chi connectivity index (χ2n) is 6.40. The lowest BCUT2D eigenvalue weighted by atomic mass is 9.75. The number of methoxy groups -OCH3 is 1. The van der Waals surface area contributed by atoms with Crippen LogP contribution in [0.1, 0.15) is 35.1 Å². The Balaban J connectivity index is 1.86. The van der Waals surface area contributed by atoms with Crippen LogP contribution in [-0.2, 0) is 0 Å². The van der Waals surface area contributed by atoms with Gasteiger partial charge in [0.2, 0.25) is 0 Å². The SMILES string of the molecule is COc1ccc(C)c2c1N[C@H](c1cccc(F)c1)[C@H]1CC=C[C@@H]21. The highest BCUT2D eigenvalue weighted by atomic mass is 19.1. The molecule has 1 aliphatic heterocycles. The second-order valence-corrected chi connectivity index (χ2v) is 6.40. The van der Waals surface area contributed by atoms with Gasteiger partial charge in [-0.15, -0.1) is 0 Å². The maximum Gasteiger partial charge on any atom is 0.142 e. The number of hydrogen-bond acceptors (Lipinski definition) is 2. The maximum absolute atomic E-state index is 13.7. The minimum atomic E-state index is -0.186. The van der Waals surface area contributed by atoms with Gasteiger partial charge in [-0.05, 0) is 54.2 Å². The molecular formula is C20H20FNO. The number of benzene rings is 2. The fourth-order valence-electron chi connectivity index (χ4n) is 4.07. The van der Waals surface area contributed by atoms with Crippen LogP contribution in [0.3, 0.4) is 0 Å². The predicted octanol–water partition coefficient (Wildman–Crippen LogP) is 4.97. The van der Waals surface area contributed by atoms with Gasteiger partial charge in [-0.25, -0.2) is 4.39 Å². The second kappa shape index (κ2) is 5.41. The van der Waals surface area contributed by atoms with Crippen LogP contribution in [0.4, 0.5) is 10.1 Å². The van der Waals surface area contributed by atoms with Crippen molar-refractivity contribution in [2.75, 3.05) is 12.4 Å². The highest BCUT2D eigenvalue weighted by Crippen LogP contribution is 2.53. The van der Waals surface area contributed by atoms with Crippen LogP contribution < -0.4 is 10.1 Å². The minimum Gasteiger partial charge on any atom is -0.495 e. The van der Waals surface area contributed by atoms with Crippen molar-refractivity contribution in [1.29, 1.82) is 0 Å². The molecule has 1 N–H and O–H groups in total. The molecule has 3 heteroatoms. The normalized spacial score (nSPS) is 24.7. The highest BCUT2D eigenvalue weighted by molar-refractivity contribution is 5.69. The van der Waals surface area contributed by atoms with E-state index in [1.807, 2.05) is 12.1 Å². The van der Waals surface area contributed by atoms with Gasteiger partial charge in [0.05, 0.1) is 18.8 Å². The summed E-state index contributed by atoms with van der Waals surface area (Å²) in [6.45, 7) is 2.14. The lowest BCUT2D eigenvalue weighted by Gasteiger charge is -2.39. The molecule has 0 bridgehead atoms. The molecule has 2 nitrogen and oxygen atoms in total. The Morgan fingerprint density at radius 1 is 1.22 bits per heavy atom. The Morgan fingerprint density at radius 3 is 2.87 bits per heavy atom. The topological polar surface area (TPSA) is 21.3 Å². The van der Waals surface area contributed by atoms with Crippen LogP contribution in [0.5, 0.6) is 5.75 Å². The molecule has 118 valence electrons. The molecule has 0 saturated heterocycles. The Morgan fingerprint density at radius 2 is 2.09 bits per heavy atom. The van der Waals surface area contributed by atoms with Gasteiger partial charge < -0.3 is 10.1 Å². The Hall–Kier alpha value is -2.29. The zero-order chi connectivity index (χ0) is 16.0. The fourth-order valence-corrected chi connectivity index (χ4v) is 4.07. The van der Waals surface area contributed by atoms with E-state index in [2.05, 4.69) is 30.5 Å². The standard InChI is InChI=1S/C20H20FNO/c1-12-9-10-17(23-2)20-18(12)15-7-4-8-16(15)19(22-20)13-5-3-6-14(21)11-13/h3-7,9-11,15-16,19,22H,8H2,1-2H3/t15-,16+,19-/m1/s1. The van der Waals surface area contributed by atoms with Gasteiger partial charge in [-0.2, -0.15) is 0 Å². The third-order valence-corrected chi connectivity index (χ3v) is 5.13. The van der Waals surface area contributed by atoms with E-state index in [-0.39, 0.29) is 11.9 Å². The average molecular weight is 309 g/mol. The van der Waals surface area contributed by atoms with Crippen molar-refractivity contribution in [1.82, 2.24) is 0 Å². The molecule has 0 saturated carbocycles. The molecule has 2 aromatic carbocycles. The van der Waals surface area contributed by atoms with Crippen molar-refractivity contribution in [3.63, 3.8) is 0 Å². The third kappa shape index (κ3) is 2.23. The van der Waals surface area contributed by atoms with Crippen LogP contribution in [0.15, 0.2) is 48.6 Å². The number of anilines is 1. The molecule has 2 aliphatic rings. The zero-order valence-corrected chi connectivity index (χ0v) is 13.3. The molecule has 1 aliphatic carbocycles. The average Bonchev–Trinajstić information content (AvgIpc) is 3.03. The molecule has 1 heterocycles. The summed E-state index contributed by atoms with van der Waals surface area (Å²) in [4.78, 5) is 0. The van der Waals surface area contributed by atoms with E-state index in [1.165, 1.54) is 17.2 Å². The largest absolute Gasteiger partial charge is 0.495 e. The number of halogens is 1. The van der Waals surface area contributed by atoms with Crippen molar-refractivity contribution in [3.05, 3.63) is 71.1 Å². The first-order valence-electron chi connectivity index (χ1n) is 8.05. The van der Waals surface area contributed by atoms with E-state index in [4.69, 9.17) is 4.74 Å². The van der Waals surface area contributed by atoms with Gasteiger partial charge in [0, 0.05) is 5.92 Å². The Bertz CT molecular complexity index is 783. The number of fused-ring (bicyclic) bond motifs is 3. The molecule has 0 radical (unpaired) electrons. The van der Waals surface area contributed by atoms with Crippen LogP contribution in [0, 0.1) is 18.7 Å². The summed E-state index contributed by atoms with van der Waals surface area (Å²) in [5.74, 6) is 1.43. The smallest absolute Gasteiger partial charge is 0.142 e. The first kappa shape index (κ1) is 14.3. The molecule has 3 atom stereocenters. The monoisotopic (exact) mass is 309 g/mol. The van der Waals surface area contributed by atoms with Gasteiger partial charge in [0.1, 0.15) is 11.6 Å². The number of ether oxygens (including phenoxy) is 1. The molecule has 23 heavy (non-hydrogen) atoms. The van der Waals surface area contributed by atoms with Crippen LogP contribution in [-0.4, -0.2) is 7.11 Å². The lowest BCUT2D eigenvalue weighted by Crippen LogP contribution is -2.30. The highest BCUT2D eigenvalue weighted by Gasteiger charge is 2.39. The van der Waals surface area contributed by atoms with E-state index in [9.17, 15) is 4.39 Å². The van der Waals surface area contributed by atoms with E-state index >= 15 is 0 Å². The molecule has 2 aromatic rings. The van der Waals surface area contributed by atoms with E-state index < -0.39 is 0 Å². The van der Waals surface area contributed by atoms with Crippen molar-refractivity contribution in [2.24, 2.45) is 5.92 Å². The summed E-state index contributed by atoms with van der Waals surface area (Å²) in [6.07, 6.45) is 5.55. The first-order chi connectivity index (χ1) is 11.2. The van der Waals surface area contributed by atoms with E-state index in [1.54, 1.807) is 19.2 Å². The maximum atomic E-state index is 13.7. The number of nitrogens with one attached hydrogen (secondary N) is 1. The summed E-state index contributed by atoms with van der Waals surface area (Å²) in [5.41, 5.74) is 4.63. The van der Waals surface area contributed by atoms with E-state index in [0.717, 1.165) is 23.4 Å². The van der Waals surface area contributed by atoms with Crippen LogP contribution in [0.2, 0.25) is 0 Å². The summed E-state index contributed by atoms with van der Waals surface area (Å²) in [6, 6.07) is 11.1. The number of rotatable bonds is 2. The van der Waals surface area contributed by atoms with Gasteiger partial charge in [-0.3, -0.25) is 0 Å². The van der Waals surface area contributed by atoms with Crippen molar-refractivity contribution in [3.8, 4) is 5.75 Å². The van der Waals surface area contributed by atoms with E-state index in [0.29, 0.717) is 11.8 Å². The lowest BCUT2D eigenvalue weighted by molar-refractivity contribution is 0.396. The minimum absolute atomic E-state index is 0.0916. The van der Waals surface area contributed by atoms with Crippen molar-refractivity contribution in [2.45, 2.75) is 25.3 Å². The summed E-state index contributed by atoms with van der Waals surface area (Å²) in [5, 5.41) is 3.64. The molecule has 0 aromatic heterocycles. The summed E-state index contributed by atoms with van der Waals surface area (Å²) >= 11 is 0. The Labute approximate surface area is 136 Å². The molecule has 0 amide bonds. The molecule has 0 fully saturated rings. The van der Waals surface area contributed by atoms with Crippen molar-refractivity contribution >= 4 is 5.69 Å². The number of allylic oxidation sites excluding steroid dienone is 2. The van der Waals surface area contributed by atoms with Gasteiger partial charge in [0.15, 0.2) is 0 Å². The predicted molar refractivity (Wildman–Crippen MR) is 90.5 cm³/mol. The molecule has 4 rings (SSSR count).